The number of unbranched alkanes of at least 4 members (excludes halogenated alkanes) is 3. The summed E-state index contributed by atoms with van der Waals surface area (Å²) in [5.74, 6) is 5.64. The van der Waals surface area contributed by atoms with E-state index in [9.17, 15) is 9.36 Å². The third-order valence-electron chi connectivity index (χ3n) is 4.75. The number of Topliss-reactive ketones (excluding diaryl/α,β-unsaturated/α-hetero) is 1. The molecule has 1 aliphatic carbocycles. The Morgan fingerprint density at radius 2 is 1.79 bits per heavy atom. The van der Waals surface area contributed by atoms with Crippen LogP contribution in [0.4, 0.5) is 0 Å². The summed E-state index contributed by atoms with van der Waals surface area (Å²) in [6.45, 7) is 6.23. The summed E-state index contributed by atoms with van der Waals surface area (Å²) in [4.78, 5) is 13.3. The van der Waals surface area contributed by atoms with Crippen LogP contribution >= 0.6 is 7.60 Å². The van der Waals surface area contributed by atoms with Crippen LogP contribution in [0.3, 0.4) is 0 Å². The first-order valence-corrected chi connectivity index (χ1v) is 11.8. The minimum atomic E-state index is -3.51. The van der Waals surface area contributed by atoms with Crippen molar-refractivity contribution in [3.05, 3.63) is 47.3 Å². The van der Waals surface area contributed by atoms with Crippen LogP contribution < -0.4 is 0 Å². The second-order valence-electron chi connectivity index (χ2n) is 6.79. The van der Waals surface area contributed by atoms with Gasteiger partial charge in [-0.15, -0.1) is 5.92 Å². The van der Waals surface area contributed by atoms with E-state index in [4.69, 9.17) is 9.05 Å². The molecule has 1 aliphatic rings. The number of benzene rings is 1. The van der Waals surface area contributed by atoms with Crippen LogP contribution in [0.1, 0.15) is 63.2 Å². The van der Waals surface area contributed by atoms with Crippen molar-refractivity contribution in [1.29, 1.82) is 0 Å². The Labute approximate surface area is 169 Å². The normalized spacial score (nSPS) is 19.0. The Kier molecular flexibility index (Phi) is 9.19. The van der Waals surface area contributed by atoms with Gasteiger partial charge in [-0.25, -0.2) is 0 Å². The van der Waals surface area contributed by atoms with Gasteiger partial charge in [-0.3, -0.25) is 9.36 Å². The Morgan fingerprint density at radius 1 is 1.11 bits per heavy atom. The summed E-state index contributed by atoms with van der Waals surface area (Å²) < 4.78 is 24.5. The minimum absolute atomic E-state index is 0.0724. The Bertz CT molecular complexity index is 763. The van der Waals surface area contributed by atoms with Gasteiger partial charge in [0.25, 0.3) is 0 Å². The summed E-state index contributed by atoms with van der Waals surface area (Å²) in [6, 6.07) is 9.12. The number of hydrogen-bond donors (Lipinski definition) is 0. The average Bonchev–Trinajstić information content (AvgIpc) is 3.13. The third-order valence-corrected chi connectivity index (χ3v) is 7.04. The van der Waals surface area contributed by atoms with Gasteiger partial charge in [0.1, 0.15) is 0 Å². The van der Waals surface area contributed by atoms with Gasteiger partial charge in [0.15, 0.2) is 5.78 Å². The molecule has 2 atom stereocenters. The topological polar surface area (TPSA) is 52.6 Å². The smallest absolute Gasteiger partial charge is 0.306 e. The Balaban J connectivity index is 2.33. The molecule has 28 heavy (non-hydrogen) atoms. The molecule has 0 aliphatic heterocycles. The summed E-state index contributed by atoms with van der Waals surface area (Å²) in [5.41, 5.74) is 0.595. The largest absolute Gasteiger partial charge is 0.357 e. The van der Waals surface area contributed by atoms with E-state index in [0.717, 1.165) is 25.7 Å². The molecule has 0 aromatic heterocycles. The number of carbonyl (C=O) groups is 1. The lowest BCUT2D eigenvalue weighted by molar-refractivity contribution is 0.0923. The van der Waals surface area contributed by atoms with Crippen LogP contribution in [0.25, 0.3) is 0 Å². The quantitative estimate of drug-likeness (QED) is 0.201. The van der Waals surface area contributed by atoms with E-state index in [-0.39, 0.29) is 24.9 Å². The molecular formula is C23H31O4P. The van der Waals surface area contributed by atoms with E-state index in [1.807, 2.05) is 24.3 Å². The third kappa shape index (κ3) is 5.67. The predicted molar refractivity (Wildman–Crippen MR) is 113 cm³/mol. The number of ketones is 1. The van der Waals surface area contributed by atoms with Crippen molar-refractivity contribution in [3.63, 3.8) is 0 Å². The molecule has 5 heteroatoms. The van der Waals surface area contributed by atoms with Crippen LogP contribution in [-0.2, 0) is 13.6 Å². The molecule has 0 amide bonds. The summed E-state index contributed by atoms with van der Waals surface area (Å²) in [7, 11) is -3.51. The molecule has 0 radical (unpaired) electrons. The second-order valence-corrected chi connectivity index (χ2v) is 8.82. The first-order valence-electron chi connectivity index (χ1n) is 10.2. The highest BCUT2D eigenvalue weighted by atomic mass is 31.2. The van der Waals surface area contributed by atoms with Crippen LogP contribution in [0.2, 0.25) is 0 Å². The van der Waals surface area contributed by atoms with Crippen molar-refractivity contribution in [2.75, 3.05) is 13.2 Å². The van der Waals surface area contributed by atoms with Crippen LogP contribution in [0.5, 0.6) is 0 Å². The molecule has 0 spiro atoms. The molecule has 0 saturated heterocycles. The fourth-order valence-electron chi connectivity index (χ4n) is 3.43. The lowest BCUT2D eigenvalue weighted by atomic mass is 9.88. The minimum Gasteiger partial charge on any atom is -0.306 e. The lowest BCUT2D eigenvalue weighted by Gasteiger charge is -2.24. The van der Waals surface area contributed by atoms with Gasteiger partial charge < -0.3 is 9.05 Å². The molecule has 0 heterocycles. The van der Waals surface area contributed by atoms with Gasteiger partial charge in [-0.1, -0.05) is 62.1 Å². The fraction of sp³-hybridized carbons (Fsp3) is 0.522. The Hall–Kier alpha value is -1.66. The molecule has 1 aromatic carbocycles. The molecule has 152 valence electrons. The molecule has 0 bridgehead atoms. The van der Waals surface area contributed by atoms with Crippen molar-refractivity contribution in [1.82, 2.24) is 0 Å². The van der Waals surface area contributed by atoms with Gasteiger partial charge in [-0.05, 0) is 26.7 Å². The van der Waals surface area contributed by atoms with E-state index < -0.39 is 13.5 Å². The Morgan fingerprint density at radius 3 is 2.39 bits per heavy atom. The highest BCUT2D eigenvalue weighted by molar-refractivity contribution is 7.58. The van der Waals surface area contributed by atoms with Crippen molar-refractivity contribution in [2.24, 2.45) is 11.8 Å². The summed E-state index contributed by atoms with van der Waals surface area (Å²) in [6.07, 6.45) is 6.62. The lowest BCUT2D eigenvalue weighted by Crippen LogP contribution is -2.22. The predicted octanol–water partition coefficient (Wildman–Crippen LogP) is 6.24. The highest BCUT2D eigenvalue weighted by Crippen LogP contribution is 2.62. The van der Waals surface area contributed by atoms with Gasteiger partial charge in [0.05, 0.1) is 19.1 Å². The molecule has 0 fully saturated rings. The highest BCUT2D eigenvalue weighted by Gasteiger charge is 2.45. The first-order chi connectivity index (χ1) is 13.6. The number of hydrogen-bond acceptors (Lipinski definition) is 4. The van der Waals surface area contributed by atoms with Crippen molar-refractivity contribution >= 4 is 13.4 Å². The van der Waals surface area contributed by atoms with Gasteiger partial charge in [0.2, 0.25) is 0 Å². The average molecular weight is 402 g/mol. The molecule has 1 aromatic rings. The molecule has 0 N–H and O–H groups in total. The molecule has 0 saturated carbocycles. The van der Waals surface area contributed by atoms with Crippen molar-refractivity contribution < 1.29 is 18.4 Å². The number of rotatable bonds is 10. The zero-order chi connectivity index (χ0) is 20.4. The van der Waals surface area contributed by atoms with Crippen LogP contribution in [0.15, 0.2) is 41.7 Å². The van der Waals surface area contributed by atoms with E-state index in [1.165, 1.54) is 0 Å². The van der Waals surface area contributed by atoms with E-state index >= 15 is 0 Å². The van der Waals surface area contributed by atoms with E-state index in [2.05, 4.69) is 18.8 Å². The molecule has 2 rings (SSSR count). The second kappa shape index (κ2) is 11.4. The summed E-state index contributed by atoms with van der Waals surface area (Å²) in [5, 5.41) is 0.470. The maximum absolute atomic E-state index is 13.4. The van der Waals surface area contributed by atoms with Crippen LogP contribution in [0, 0.1) is 23.7 Å². The number of carbonyl (C=O) groups excluding carboxylic acids is 1. The van der Waals surface area contributed by atoms with Crippen molar-refractivity contribution in [2.45, 2.75) is 52.9 Å². The monoisotopic (exact) mass is 402 g/mol. The van der Waals surface area contributed by atoms with Crippen LogP contribution in [-0.4, -0.2) is 19.0 Å². The zero-order valence-corrected chi connectivity index (χ0v) is 18.0. The first kappa shape index (κ1) is 22.6. The maximum Gasteiger partial charge on any atom is 0.357 e. The SMILES string of the molecule is CCCCCC#C[C@@H]1CC=C(P(=O)(OCC)OCC)[C@H]1C(=O)c1ccccc1. The number of allylic oxidation sites excluding steroid dienone is 2. The standard InChI is InChI=1S/C23H31O4P/c1-4-7-8-9-11-14-19-17-18-21(28(25,26-5-2)27-6-3)22(19)23(24)20-15-12-10-13-16-20/h10,12-13,15-16,18-19,22H,4-9,17H2,1-3H3/t19-,22+/m1/s1. The molecular weight excluding hydrogens is 371 g/mol. The maximum atomic E-state index is 13.4. The van der Waals surface area contributed by atoms with Gasteiger partial charge in [0, 0.05) is 23.2 Å². The fourth-order valence-corrected chi connectivity index (χ4v) is 5.45. The molecule has 4 nitrogen and oxygen atoms in total. The van der Waals surface area contributed by atoms with Gasteiger partial charge in [-0.2, -0.15) is 0 Å². The van der Waals surface area contributed by atoms with Crippen molar-refractivity contribution in [3.8, 4) is 11.8 Å². The summed E-state index contributed by atoms with van der Waals surface area (Å²) >= 11 is 0. The zero-order valence-electron chi connectivity index (χ0n) is 17.1. The molecule has 0 unspecified atom stereocenters. The van der Waals surface area contributed by atoms with E-state index in [1.54, 1.807) is 26.0 Å². The van der Waals surface area contributed by atoms with E-state index in [0.29, 0.717) is 17.3 Å². The van der Waals surface area contributed by atoms with Gasteiger partial charge >= 0.3 is 7.60 Å².